The summed E-state index contributed by atoms with van der Waals surface area (Å²) in [6.07, 6.45) is 6.70. The van der Waals surface area contributed by atoms with E-state index in [1.807, 2.05) is 40.7 Å². The molecule has 34 heavy (non-hydrogen) atoms. The monoisotopic (exact) mass is 466 g/mol. The number of anilines is 3. The van der Waals surface area contributed by atoms with Crippen LogP contribution in [-0.2, 0) is 9.53 Å². The number of amides is 1. The SMILES string of the molecule is C=C(/C=C(\C)OCC(=O)NC1CC1)c1ncc(C)c(Nc2ccc(N)c(C=N)c2)n1.CC.CC. The Hall–Kier alpha value is -3.68. The van der Waals surface area contributed by atoms with Gasteiger partial charge in [0.05, 0.1) is 5.76 Å². The van der Waals surface area contributed by atoms with Crippen LogP contribution in [0.5, 0.6) is 0 Å². The highest BCUT2D eigenvalue weighted by Gasteiger charge is 2.23. The van der Waals surface area contributed by atoms with Crippen molar-refractivity contribution >= 4 is 34.9 Å². The van der Waals surface area contributed by atoms with Crippen molar-refractivity contribution in [3.05, 3.63) is 59.8 Å². The lowest BCUT2D eigenvalue weighted by molar-refractivity contribution is -0.124. The molecule has 3 rings (SSSR count). The van der Waals surface area contributed by atoms with Gasteiger partial charge in [0.2, 0.25) is 0 Å². The second kappa shape index (κ2) is 14.5. The third-order valence-corrected chi connectivity index (χ3v) is 4.51. The van der Waals surface area contributed by atoms with Crippen LogP contribution in [0, 0.1) is 12.3 Å². The fourth-order valence-corrected chi connectivity index (χ4v) is 2.67. The number of nitrogens with two attached hydrogens (primary N) is 1. The van der Waals surface area contributed by atoms with E-state index in [0.717, 1.165) is 24.1 Å². The Labute approximate surface area is 203 Å². The number of aryl methyl sites for hydroxylation is 1. The van der Waals surface area contributed by atoms with Gasteiger partial charge < -0.3 is 26.5 Å². The molecule has 1 aromatic heterocycles. The van der Waals surface area contributed by atoms with E-state index in [2.05, 4.69) is 27.2 Å². The van der Waals surface area contributed by atoms with Gasteiger partial charge in [-0.2, -0.15) is 0 Å². The first-order chi connectivity index (χ1) is 16.4. The number of benzene rings is 1. The molecule has 1 aliphatic rings. The molecule has 0 saturated heterocycles. The second-order valence-corrected chi connectivity index (χ2v) is 7.25. The fraction of sp³-hybridized carbons (Fsp3) is 0.385. The molecule has 0 unspecified atom stereocenters. The minimum Gasteiger partial charge on any atom is -0.488 e. The summed E-state index contributed by atoms with van der Waals surface area (Å²) in [5.74, 6) is 1.49. The van der Waals surface area contributed by atoms with E-state index in [1.165, 1.54) is 6.21 Å². The Kier molecular flexibility index (Phi) is 12.1. The Morgan fingerprint density at radius 1 is 1.29 bits per heavy atom. The third-order valence-electron chi connectivity index (χ3n) is 4.51. The van der Waals surface area contributed by atoms with Gasteiger partial charge in [-0.15, -0.1) is 0 Å². The van der Waals surface area contributed by atoms with E-state index in [-0.39, 0.29) is 12.5 Å². The van der Waals surface area contributed by atoms with Crippen LogP contribution >= 0.6 is 0 Å². The number of ether oxygens (including phenoxy) is 1. The molecule has 1 fully saturated rings. The lowest BCUT2D eigenvalue weighted by Crippen LogP contribution is -2.29. The van der Waals surface area contributed by atoms with Crippen molar-refractivity contribution in [2.75, 3.05) is 17.7 Å². The van der Waals surface area contributed by atoms with E-state index in [1.54, 1.807) is 31.3 Å². The van der Waals surface area contributed by atoms with Gasteiger partial charge in [-0.3, -0.25) is 4.79 Å². The summed E-state index contributed by atoms with van der Waals surface area (Å²) in [6.45, 7) is 15.6. The van der Waals surface area contributed by atoms with Crippen LogP contribution in [0.25, 0.3) is 5.57 Å². The molecule has 8 nitrogen and oxygen atoms in total. The molecule has 0 spiro atoms. The number of carbonyl (C=O) groups is 1. The zero-order valence-corrected chi connectivity index (χ0v) is 21.2. The van der Waals surface area contributed by atoms with Crippen LogP contribution in [0.15, 0.2) is 42.8 Å². The van der Waals surface area contributed by atoms with E-state index in [4.69, 9.17) is 15.9 Å². The van der Waals surface area contributed by atoms with Gasteiger partial charge in [-0.25, -0.2) is 9.97 Å². The molecular weight excluding hydrogens is 428 g/mol. The van der Waals surface area contributed by atoms with E-state index < -0.39 is 0 Å². The zero-order valence-electron chi connectivity index (χ0n) is 21.2. The molecule has 1 amide bonds. The number of hydrogen-bond donors (Lipinski definition) is 4. The number of rotatable bonds is 9. The average molecular weight is 467 g/mol. The predicted octanol–water partition coefficient (Wildman–Crippen LogP) is 5.37. The van der Waals surface area contributed by atoms with Crippen molar-refractivity contribution in [3.63, 3.8) is 0 Å². The molecule has 1 aliphatic carbocycles. The van der Waals surface area contributed by atoms with Crippen LogP contribution in [0.2, 0.25) is 0 Å². The summed E-state index contributed by atoms with van der Waals surface area (Å²) in [4.78, 5) is 20.6. The summed E-state index contributed by atoms with van der Waals surface area (Å²) < 4.78 is 5.49. The number of carbonyl (C=O) groups excluding carboxylic acids is 1. The maximum Gasteiger partial charge on any atom is 0.258 e. The summed E-state index contributed by atoms with van der Waals surface area (Å²) in [5, 5.41) is 13.5. The quantitative estimate of drug-likeness (QED) is 0.170. The van der Waals surface area contributed by atoms with Gasteiger partial charge in [-0.1, -0.05) is 34.3 Å². The molecule has 0 aliphatic heterocycles. The van der Waals surface area contributed by atoms with Crippen molar-refractivity contribution in [2.45, 2.75) is 60.4 Å². The van der Waals surface area contributed by atoms with Crippen LogP contribution in [0.4, 0.5) is 17.2 Å². The fourth-order valence-electron chi connectivity index (χ4n) is 2.67. The van der Waals surface area contributed by atoms with Crippen molar-refractivity contribution in [2.24, 2.45) is 0 Å². The van der Waals surface area contributed by atoms with Gasteiger partial charge in [0.15, 0.2) is 12.4 Å². The molecule has 0 atom stereocenters. The van der Waals surface area contributed by atoms with Crippen LogP contribution < -0.4 is 16.4 Å². The maximum atomic E-state index is 11.7. The van der Waals surface area contributed by atoms with Crippen LogP contribution in [0.1, 0.15) is 64.4 Å². The van der Waals surface area contributed by atoms with Gasteiger partial charge in [0.25, 0.3) is 5.91 Å². The molecule has 0 radical (unpaired) electrons. The molecule has 8 heteroatoms. The Bertz CT molecular complexity index is 1010. The first kappa shape index (κ1) is 28.4. The first-order valence-electron chi connectivity index (χ1n) is 11.7. The summed E-state index contributed by atoms with van der Waals surface area (Å²) >= 11 is 0. The second-order valence-electron chi connectivity index (χ2n) is 7.25. The van der Waals surface area contributed by atoms with Crippen molar-refractivity contribution in [1.29, 1.82) is 5.41 Å². The molecule has 1 aromatic carbocycles. The lowest BCUT2D eigenvalue weighted by atomic mass is 10.1. The predicted molar refractivity (Wildman–Crippen MR) is 141 cm³/mol. The van der Waals surface area contributed by atoms with E-state index in [9.17, 15) is 4.79 Å². The van der Waals surface area contributed by atoms with Gasteiger partial charge in [0.1, 0.15) is 5.82 Å². The van der Waals surface area contributed by atoms with Gasteiger partial charge >= 0.3 is 0 Å². The molecule has 1 heterocycles. The Balaban J connectivity index is 0.00000137. The minimum atomic E-state index is -0.123. The highest BCUT2D eigenvalue weighted by Crippen LogP contribution is 2.23. The number of nitrogen functional groups attached to an aromatic ring is 1. The van der Waals surface area contributed by atoms with Crippen LogP contribution in [-0.4, -0.2) is 34.7 Å². The standard InChI is InChI=1S/C22H26N6O2.2C2H6/c1-13(8-15(3)30-12-20(29)26-17-4-5-17)21-25-11-14(2)22(28-21)27-18-6-7-19(24)16(9-18)10-23;2*1-2/h6-11,17,23H,1,4-5,12,24H2,2-3H3,(H,26,29)(H,25,27,28);2*1-2H3/b15-8+,23-10?;;. The Morgan fingerprint density at radius 2 is 1.97 bits per heavy atom. The number of allylic oxidation sites excluding steroid dienone is 3. The van der Waals surface area contributed by atoms with Crippen molar-refractivity contribution in [3.8, 4) is 0 Å². The highest BCUT2D eigenvalue weighted by molar-refractivity contribution is 5.87. The number of nitrogens with zero attached hydrogens (tertiary/aromatic N) is 2. The lowest BCUT2D eigenvalue weighted by Gasteiger charge is -2.12. The van der Waals surface area contributed by atoms with Crippen molar-refractivity contribution < 1.29 is 9.53 Å². The zero-order chi connectivity index (χ0) is 25.7. The summed E-state index contributed by atoms with van der Waals surface area (Å²) in [7, 11) is 0. The average Bonchev–Trinajstić information content (AvgIpc) is 3.66. The smallest absolute Gasteiger partial charge is 0.258 e. The van der Waals surface area contributed by atoms with Gasteiger partial charge in [-0.05, 0) is 51.0 Å². The maximum absolute atomic E-state index is 11.7. The number of hydrogen-bond acceptors (Lipinski definition) is 7. The Morgan fingerprint density at radius 3 is 2.59 bits per heavy atom. The minimum absolute atomic E-state index is 0.0276. The van der Waals surface area contributed by atoms with E-state index >= 15 is 0 Å². The molecule has 5 N–H and O–H groups in total. The summed E-state index contributed by atoms with van der Waals surface area (Å²) in [6, 6.07) is 5.65. The topological polar surface area (TPSA) is 126 Å². The third kappa shape index (κ3) is 9.05. The van der Waals surface area contributed by atoms with Crippen molar-refractivity contribution in [1.82, 2.24) is 15.3 Å². The highest BCUT2D eigenvalue weighted by atomic mass is 16.5. The largest absolute Gasteiger partial charge is 0.488 e. The molecule has 184 valence electrons. The molecule has 1 saturated carbocycles. The summed E-state index contributed by atoms with van der Waals surface area (Å²) in [5.41, 5.74) is 9.19. The van der Waals surface area contributed by atoms with Crippen LogP contribution in [0.3, 0.4) is 0 Å². The van der Waals surface area contributed by atoms with Gasteiger partial charge in [0, 0.05) is 46.5 Å². The molecule has 2 aromatic rings. The van der Waals surface area contributed by atoms with E-state index in [0.29, 0.717) is 40.3 Å². The number of aromatic nitrogens is 2. The normalized spacial score (nSPS) is 12.2. The molecule has 0 bridgehead atoms. The number of nitrogens with one attached hydrogen (secondary N) is 3. The molecular formula is C26H38N6O2. The first-order valence-corrected chi connectivity index (χ1v) is 11.7.